The summed E-state index contributed by atoms with van der Waals surface area (Å²) in [6.07, 6.45) is 1.85. The van der Waals surface area contributed by atoms with Gasteiger partial charge in [-0.3, -0.25) is 9.59 Å². The lowest BCUT2D eigenvalue weighted by Crippen LogP contribution is -2.40. The van der Waals surface area contributed by atoms with Crippen molar-refractivity contribution in [2.75, 3.05) is 7.11 Å². The van der Waals surface area contributed by atoms with Crippen molar-refractivity contribution in [2.24, 2.45) is 5.92 Å². The topological polar surface area (TPSA) is 85.6 Å². The van der Waals surface area contributed by atoms with Gasteiger partial charge >= 0.3 is 12.6 Å². The maximum Gasteiger partial charge on any atom is 0.387 e. The molecule has 2 saturated carbocycles. The van der Waals surface area contributed by atoms with Gasteiger partial charge in [-0.25, -0.2) is 0 Å². The van der Waals surface area contributed by atoms with Gasteiger partial charge in [0.2, 0.25) is 0 Å². The van der Waals surface area contributed by atoms with Gasteiger partial charge < -0.3 is 14.2 Å². The molecule has 0 aliphatic heterocycles. The molecule has 0 aromatic heterocycles. The van der Waals surface area contributed by atoms with Gasteiger partial charge in [-0.05, 0) is 43.4 Å². The van der Waals surface area contributed by atoms with Gasteiger partial charge in [0.15, 0.2) is 11.5 Å². The molecule has 0 radical (unpaired) electrons. The maximum atomic E-state index is 12.7. The highest BCUT2D eigenvalue weighted by Crippen LogP contribution is 2.44. The van der Waals surface area contributed by atoms with E-state index < -0.39 is 23.9 Å². The van der Waals surface area contributed by atoms with E-state index in [1.54, 1.807) is 0 Å². The number of rotatable bonds is 6. The van der Waals surface area contributed by atoms with E-state index in [-0.39, 0.29) is 42.6 Å². The summed E-state index contributed by atoms with van der Waals surface area (Å²) >= 11 is 0. The number of carbonyl (C=O) groups excluding carboxylic acids is 2. The number of Topliss-reactive ketones (excluding diaryl/α,β-unsaturated/α-hetero) is 1. The Morgan fingerprint density at radius 2 is 2.07 bits per heavy atom. The molecule has 2 atom stereocenters. The second kappa shape index (κ2) is 7.51. The molecule has 0 amide bonds. The van der Waals surface area contributed by atoms with E-state index >= 15 is 0 Å². The van der Waals surface area contributed by atoms with Gasteiger partial charge in [-0.15, -0.1) is 0 Å². The van der Waals surface area contributed by atoms with E-state index in [0.29, 0.717) is 5.56 Å². The number of alkyl halides is 2. The molecular formula is C19H19F2NO5. The van der Waals surface area contributed by atoms with Crippen molar-refractivity contribution in [1.29, 1.82) is 5.26 Å². The van der Waals surface area contributed by atoms with E-state index in [0.717, 1.165) is 12.8 Å². The molecular weight excluding hydrogens is 360 g/mol. The van der Waals surface area contributed by atoms with Crippen molar-refractivity contribution in [1.82, 2.24) is 0 Å². The summed E-state index contributed by atoms with van der Waals surface area (Å²) in [5.74, 6) is -1.93. The van der Waals surface area contributed by atoms with E-state index in [1.165, 1.54) is 25.3 Å². The third kappa shape index (κ3) is 4.02. The van der Waals surface area contributed by atoms with Crippen LogP contribution < -0.4 is 9.47 Å². The lowest BCUT2D eigenvalue weighted by Gasteiger charge is -2.34. The van der Waals surface area contributed by atoms with Crippen molar-refractivity contribution >= 4 is 11.8 Å². The molecule has 0 bridgehead atoms. The molecule has 0 spiro atoms. The Kier molecular flexibility index (Phi) is 5.31. The average molecular weight is 379 g/mol. The van der Waals surface area contributed by atoms with Gasteiger partial charge in [-0.2, -0.15) is 14.0 Å². The number of ether oxygens (including phenoxy) is 3. The van der Waals surface area contributed by atoms with Crippen molar-refractivity contribution in [3.8, 4) is 17.6 Å². The van der Waals surface area contributed by atoms with Gasteiger partial charge in [0, 0.05) is 6.42 Å². The molecule has 2 unspecified atom stereocenters. The van der Waals surface area contributed by atoms with E-state index in [4.69, 9.17) is 4.74 Å². The number of carbonyl (C=O) groups is 2. The van der Waals surface area contributed by atoms with E-state index in [9.17, 15) is 23.6 Å². The molecule has 2 fully saturated rings. The van der Waals surface area contributed by atoms with Gasteiger partial charge in [0.05, 0.1) is 24.7 Å². The van der Waals surface area contributed by atoms with Crippen LogP contribution in [-0.2, 0) is 19.7 Å². The second-order valence-corrected chi connectivity index (χ2v) is 6.80. The Bertz CT molecular complexity index is 779. The molecule has 3 rings (SSSR count). The molecule has 0 heterocycles. The Morgan fingerprint density at radius 1 is 1.33 bits per heavy atom. The molecule has 1 aromatic rings. The first kappa shape index (κ1) is 19.1. The van der Waals surface area contributed by atoms with Crippen LogP contribution in [0.5, 0.6) is 11.5 Å². The van der Waals surface area contributed by atoms with Crippen LogP contribution in [-0.4, -0.2) is 31.6 Å². The lowest BCUT2D eigenvalue weighted by atomic mass is 9.66. The zero-order chi connectivity index (χ0) is 19.6. The smallest absolute Gasteiger partial charge is 0.387 e. The minimum Gasteiger partial charge on any atom is -0.487 e. The fourth-order valence-electron chi connectivity index (χ4n) is 3.32. The fourth-order valence-corrected chi connectivity index (χ4v) is 3.32. The summed E-state index contributed by atoms with van der Waals surface area (Å²) in [5.41, 5.74) is -0.610. The summed E-state index contributed by atoms with van der Waals surface area (Å²) in [6, 6.07) is 6.56. The molecule has 27 heavy (non-hydrogen) atoms. The lowest BCUT2D eigenvalue weighted by molar-refractivity contribution is -0.151. The molecule has 2 aliphatic rings. The number of methoxy groups -OCH3 is 1. The van der Waals surface area contributed by atoms with Crippen LogP contribution in [0.2, 0.25) is 0 Å². The SMILES string of the molecule is COC(=O)C1CC(C#N)(c2ccc(OC(F)F)c(OC3CC3)c2)CCC1=O. The number of esters is 1. The first-order chi connectivity index (χ1) is 12.9. The number of nitrogens with zero attached hydrogens (tertiary/aromatic N) is 1. The summed E-state index contributed by atoms with van der Waals surface area (Å²) in [4.78, 5) is 24.0. The summed E-state index contributed by atoms with van der Waals surface area (Å²) < 4.78 is 40.2. The normalized spacial score (nSPS) is 25.0. The fraction of sp³-hybridized carbons (Fsp3) is 0.526. The maximum absolute atomic E-state index is 12.7. The number of halogens is 2. The monoisotopic (exact) mass is 379 g/mol. The van der Waals surface area contributed by atoms with Crippen molar-refractivity contribution in [3.63, 3.8) is 0 Å². The van der Waals surface area contributed by atoms with Crippen LogP contribution in [0, 0.1) is 17.2 Å². The largest absolute Gasteiger partial charge is 0.487 e. The van der Waals surface area contributed by atoms with Crippen LogP contribution in [0.25, 0.3) is 0 Å². The summed E-state index contributed by atoms with van der Waals surface area (Å²) in [6.45, 7) is -3.00. The average Bonchev–Trinajstić information content (AvgIpc) is 3.47. The molecule has 144 valence electrons. The highest BCUT2D eigenvalue weighted by molar-refractivity contribution is 6.00. The standard InChI is InChI=1S/C19H19F2NO5/c1-25-17(24)13-9-19(10-22,7-6-14(13)23)11-2-5-15(27-18(20)21)16(8-11)26-12-3-4-12/h2,5,8,12-13,18H,3-4,6-7,9H2,1H3. The number of hydrogen-bond donors (Lipinski definition) is 0. The van der Waals surface area contributed by atoms with Gasteiger partial charge in [0.1, 0.15) is 11.7 Å². The molecule has 6 nitrogen and oxygen atoms in total. The van der Waals surface area contributed by atoms with Crippen LogP contribution in [0.1, 0.15) is 37.7 Å². The van der Waals surface area contributed by atoms with Crippen LogP contribution in [0.4, 0.5) is 8.78 Å². The highest BCUT2D eigenvalue weighted by Gasteiger charge is 2.45. The number of hydrogen-bond acceptors (Lipinski definition) is 6. The third-order valence-corrected chi connectivity index (χ3v) is 4.97. The Morgan fingerprint density at radius 3 is 2.67 bits per heavy atom. The molecule has 2 aliphatic carbocycles. The minimum absolute atomic E-state index is 0.0209. The third-order valence-electron chi connectivity index (χ3n) is 4.97. The summed E-state index contributed by atoms with van der Waals surface area (Å²) in [7, 11) is 1.19. The van der Waals surface area contributed by atoms with Gasteiger partial charge in [0.25, 0.3) is 0 Å². The van der Waals surface area contributed by atoms with E-state index in [1.807, 2.05) is 0 Å². The van der Waals surface area contributed by atoms with Crippen LogP contribution in [0.3, 0.4) is 0 Å². The van der Waals surface area contributed by atoms with Crippen LogP contribution in [0.15, 0.2) is 18.2 Å². The first-order valence-corrected chi connectivity index (χ1v) is 8.66. The Hall–Kier alpha value is -2.69. The minimum atomic E-state index is -3.00. The Labute approximate surface area is 155 Å². The van der Waals surface area contributed by atoms with Crippen LogP contribution >= 0.6 is 0 Å². The molecule has 8 heteroatoms. The van der Waals surface area contributed by atoms with Crippen molar-refractivity contribution < 1.29 is 32.6 Å². The first-order valence-electron chi connectivity index (χ1n) is 8.66. The quantitative estimate of drug-likeness (QED) is 0.558. The molecule has 1 aromatic carbocycles. The molecule has 0 saturated heterocycles. The van der Waals surface area contributed by atoms with Crippen molar-refractivity contribution in [3.05, 3.63) is 23.8 Å². The number of nitriles is 1. The van der Waals surface area contributed by atoms with Gasteiger partial charge in [-0.1, -0.05) is 6.07 Å². The Balaban J connectivity index is 1.95. The molecule has 0 N–H and O–H groups in total. The zero-order valence-electron chi connectivity index (χ0n) is 14.7. The predicted molar refractivity (Wildman–Crippen MR) is 88.4 cm³/mol. The van der Waals surface area contributed by atoms with Crippen molar-refractivity contribution in [2.45, 2.75) is 50.2 Å². The predicted octanol–water partition coefficient (Wildman–Crippen LogP) is 3.13. The number of benzene rings is 1. The highest BCUT2D eigenvalue weighted by atomic mass is 19.3. The summed E-state index contributed by atoms with van der Waals surface area (Å²) in [5, 5.41) is 9.85. The van der Waals surface area contributed by atoms with E-state index in [2.05, 4.69) is 15.5 Å². The number of ketones is 1. The second-order valence-electron chi connectivity index (χ2n) is 6.80. The zero-order valence-corrected chi connectivity index (χ0v) is 14.7.